The third kappa shape index (κ3) is 4.82. The van der Waals surface area contributed by atoms with E-state index in [9.17, 15) is 9.59 Å². The normalized spacial score (nSPS) is 14.2. The molecule has 2 aromatic rings. The van der Waals surface area contributed by atoms with Crippen LogP contribution in [0.1, 0.15) is 33.6 Å². The van der Waals surface area contributed by atoms with Crippen LogP contribution in [0.5, 0.6) is 17.2 Å². The quantitative estimate of drug-likeness (QED) is 0.750. The lowest BCUT2D eigenvalue weighted by molar-refractivity contribution is 0.0684. The van der Waals surface area contributed by atoms with Gasteiger partial charge in [0.05, 0.1) is 26.9 Å². The van der Waals surface area contributed by atoms with E-state index in [2.05, 4.69) is 10.3 Å². The van der Waals surface area contributed by atoms with E-state index in [4.69, 9.17) is 14.2 Å². The SMILES string of the molecule is COc1cc(C(=O)NCC2CCN(C(=O)c3cccnc3)CC2)cc(OC)c1OC. The molecule has 1 aromatic heterocycles. The van der Waals surface area contributed by atoms with Gasteiger partial charge in [-0.2, -0.15) is 0 Å². The number of nitrogens with one attached hydrogen (secondary N) is 1. The van der Waals surface area contributed by atoms with Gasteiger partial charge >= 0.3 is 0 Å². The number of ether oxygens (including phenoxy) is 3. The van der Waals surface area contributed by atoms with Gasteiger partial charge in [-0.1, -0.05) is 0 Å². The summed E-state index contributed by atoms with van der Waals surface area (Å²) in [5.41, 5.74) is 1.04. The molecule has 8 heteroatoms. The predicted octanol–water partition coefficient (Wildman–Crippen LogP) is 2.39. The number of likely N-dealkylation sites (tertiary alicyclic amines) is 1. The summed E-state index contributed by atoms with van der Waals surface area (Å²) in [7, 11) is 4.55. The van der Waals surface area contributed by atoms with Crippen molar-refractivity contribution in [2.75, 3.05) is 41.0 Å². The van der Waals surface area contributed by atoms with Crippen LogP contribution in [-0.4, -0.2) is 62.7 Å². The molecule has 1 aliphatic rings. The molecule has 1 saturated heterocycles. The lowest BCUT2D eigenvalue weighted by atomic mass is 9.96. The van der Waals surface area contributed by atoms with E-state index in [0.717, 1.165) is 12.8 Å². The van der Waals surface area contributed by atoms with Crippen LogP contribution in [0.3, 0.4) is 0 Å². The number of nitrogens with zero attached hydrogens (tertiary/aromatic N) is 2. The van der Waals surface area contributed by atoms with E-state index in [0.29, 0.717) is 53.9 Å². The Bertz CT molecular complexity index is 855. The number of benzene rings is 1. The smallest absolute Gasteiger partial charge is 0.255 e. The molecule has 3 rings (SSSR count). The molecular weight excluding hydrogens is 386 g/mol. The zero-order valence-electron chi connectivity index (χ0n) is 17.5. The molecule has 0 aliphatic carbocycles. The maximum absolute atomic E-state index is 12.6. The predicted molar refractivity (Wildman–Crippen MR) is 111 cm³/mol. The van der Waals surface area contributed by atoms with Gasteiger partial charge in [-0.25, -0.2) is 0 Å². The van der Waals surface area contributed by atoms with E-state index >= 15 is 0 Å². The first-order chi connectivity index (χ1) is 14.6. The first kappa shape index (κ1) is 21.4. The van der Waals surface area contributed by atoms with Crippen LogP contribution in [0.25, 0.3) is 0 Å². The Morgan fingerprint density at radius 2 is 1.73 bits per heavy atom. The van der Waals surface area contributed by atoms with Gasteiger partial charge in [-0.05, 0) is 43.0 Å². The Morgan fingerprint density at radius 3 is 2.27 bits per heavy atom. The number of aromatic nitrogens is 1. The number of pyridine rings is 1. The van der Waals surface area contributed by atoms with Gasteiger partial charge in [-0.3, -0.25) is 14.6 Å². The second-order valence-electron chi connectivity index (χ2n) is 7.10. The van der Waals surface area contributed by atoms with Crippen LogP contribution in [-0.2, 0) is 0 Å². The van der Waals surface area contributed by atoms with Crippen LogP contribution < -0.4 is 19.5 Å². The van der Waals surface area contributed by atoms with Crippen molar-refractivity contribution in [1.82, 2.24) is 15.2 Å². The van der Waals surface area contributed by atoms with E-state index < -0.39 is 0 Å². The summed E-state index contributed by atoms with van der Waals surface area (Å²) in [4.78, 5) is 31.0. The zero-order valence-corrected chi connectivity index (χ0v) is 17.5. The number of hydrogen-bond donors (Lipinski definition) is 1. The van der Waals surface area contributed by atoms with Crippen molar-refractivity contribution >= 4 is 11.8 Å². The zero-order chi connectivity index (χ0) is 21.5. The molecule has 2 heterocycles. The van der Waals surface area contributed by atoms with E-state index in [1.54, 1.807) is 36.7 Å². The Balaban J connectivity index is 1.54. The summed E-state index contributed by atoms with van der Waals surface area (Å²) in [5, 5.41) is 2.98. The monoisotopic (exact) mass is 413 g/mol. The van der Waals surface area contributed by atoms with Crippen molar-refractivity contribution in [2.45, 2.75) is 12.8 Å². The third-order valence-corrected chi connectivity index (χ3v) is 5.29. The molecule has 0 spiro atoms. The van der Waals surface area contributed by atoms with Gasteiger partial charge in [0.15, 0.2) is 11.5 Å². The van der Waals surface area contributed by atoms with Crippen LogP contribution in [0, 0.1) is 5.92 Å². The average molecular weight is 413 g/mol. The highest BCUT2D eigenvalue weighted by atomic mass is 16.5. The fourth-order valence-electron chi connectivity index (χ4n) is 3.56. The number of carbonyl (C=O) groups excluding carboxylic acids is 2. The minimum Gasteiger partial charge on any atom is -0.493 e. The lowest BCUT2D eigenvalue weighted by Crippen LogP contribution is -2.41. The van der Waals surface area contributed by atoms with Crippen LogP contribution in [0.2, 0.25) is 0 Å². The van der Waals surface area contributed by atoms with Gasteiger partial charge in [-0.15, -0.1) is 0 Å². The highest BCUT2D eigenvalue weighted by Gasteiger charge is 2.24. The van der Waals surface area contributed by atoms with Crippen molar-refractivity contribution in [3.63, 3.8) is 0 Å². The summed E-state index contributed by atoms with van der Waals surface area (Å²) in [6, 6.07) is 6.80. The molecule has 0 bridgehead atoms. The van der Waals surface area contributed by atoms with Gasteiger partial charge in [0, 0.05) is 37.6 Å². The van der Waals surface area contributed by atoms with Gasteiger partial charge < -0.3 is 24.4 Å². The van der Waals surface area contributed by atoms with Gasteiger partial charge in [0.1, 0.15) is 0 Å². The van der Waals surface area contributed by atoms with Crippen molar-refractivity contribution < 1.29 is 23.8 Å². The molecule has 0 saturated carbocycles. The summed E-state index contributed by atoms with van der Waals surface area (Å²) in [6.07, 6.45) is 4.91. The topological polar surface area (TPSA) is 90.0 Å². The number of amides is 2. The summed E-state index contributed by atoms with van der Waals surface area (Å²) < 4.78 is 15.9. The maximum atomic E-state index is 12.6. The van der Waals surface area contributed by atoms with Crippen LogP contribution >= 0.6 is 0 Å². The minimum atomic E-state index is -0.205. The molecule has 0 atom stereocenters. The fraction of sp³-hybridized carbons (Fsp3) is 0.409. The Morgan fingerprint density at radius 1 is 1.07 bits per heavy atom. The van der Waals surface area contributed by atoms with Gasteiger partial charge in [0.25, 0.3) is 11.8 Å². The van der Waals surface area contributed by atoms with Crippen molar-refractivity contribution in [1.29, 1.82) is 0 Å². The van der Waals surface area contributed by atoms with Crippen molar-refractivity contribution in [2.24, 2.45) is 5.92 Å². The lowest BCUT2D eigenvalue weighted by Gasteiger charge is -2.32. The molecule has 160 valence electrons. The third-order valence-electron chi connectivity index (χ3n) is 5.29. The summed E-state index contributed by atoms with van der Waals surface area (Å²) in [5.74, 6) is 1.43. The molecule has 0 unspecified atom stereocenters. The Kier molecular flexibility index (Phi) is 7.11. The molecular formula is C22H27N3O5. The fourth-order valence-corrected chi connectivity index (χ4v) is 3.56. The highest BCUT2D eigenvalue weighted by Crippen LogP contribution is 2.38. The molecule has 1 aliphatic heterocycles. The number of methoxy groups -OCH3 is 3. The molecule has 1 fully saturated rings. The number of hydrogen-bond acceptors (Lipinski definition) is 6. The Hall–Kier alpha value is -3.29. The molecule has 8 nitrogen and oxygen atoms in total. The van der Waals surface area contributed by atoms with E-state index in [1.165, 1.54) is 21.3 Å². The van der Waals surface area contributed by atoms with Crippen LogP contribution in [0.15, 0.2) is 36.7 Å². The molecule has 0 radical (unpaired) electrons. The summed E-state index contributed by atoms with van der Waals surface area (Å²) in [6.45, 7) is 1.88. The van der Waals surface area contributed by atoms with E-state index in [-0.39, 0.29) is 11.8 Å². The maximum Gasteiger partial charge on any atom is 0.255 e. The van der Waals surface area contributed by atoms with Crippen molar-refractivity contribution in [3.05, 3.63) is 47.8 Å². The largest absolute Gasteiger partial charge is 0.493 e. The summed E-state index contributed by atoms with van der Waals surface area (Å²) >= 11 is 0. The van der Waals surface area contributed by atoms with E-state index in [1.807, 2.05) is 4.90 Å². The minimum absolute atomic E-state index is 0.00279. The highest BCUT2D eigenvalue weighted by molar-refractivity contribution is 5.95. The number of rotatable bonds is 7. The first-order valence-electron chi connectivity index (χ1n) is 9.84. The first-order valence-corrected chi connectivity index (χ1v) is 9.84. The second kappa shape index (κ2) is 9.96. The van der Waals surface area contributed by atoms with Crippen LogP contribution in [0.4, 0.5) is 0 Å². The van der Waals surface area contributed by atoms with Gasteiger partial charge in [0.2, 0.25) is 5.75 Å². The average Bonchev–Trinajstić information content (AvgIpc) is 2.81. The molecule has 1 N–H and O–H groups in total. The molecule has 2 amide bonds. The number of carbonyl (C=O) groups is 2. The Labute approximate surface area is 176 Å². The molecule has 30 heavy (non-hydrogen) atoms. The van der Waals surface area contributed by atoms with Crippen molar-refractivity contribution in [3.8, 4) is 17.2 Å². The second-order valence-corrected chi connectivity index (χ2v) is 7.10. The molecule has 1 aromatic carbocycles. The number of piperidine rings is 1. The standard InChI is InChI=1S/C22H27N3O5/c1-28-18-11-17(12-19(29-2)20(18)30-3)21(26)24-13-15-6-9-25(10-7-15)22(27)16-5-4-8-23-14-16/h4-5,8,11-12,14-15H,6-7,9-10,13H2,1-3H3,(H,24,26).